The number of hydrogen-bond donors (Lipinski definition) is 1. The number of carbonyl (C=O) groups excluding carboxylic acids is 2. The van der Waals surface area contributed by atoms with E-state index in [0.29, 0.717) is 11.6 Å². The molecule has 0 spiro atoms. The highest BCUT2D eigenvalue weighted by atomic mass is 16.2. The summed E-state index contributed by atoms with van der Waals surface area (Å²) in [5.74, 6) is -1.61. The van der Waals surface area contributed by atoms with Crippen molar-refractivity contribution in [2.24, 2.45) is 5.73 Å². The Labute approximate surface area is 132 Å². The van der Waals surface area contributed by atoms with E-state index in [4.69, 9.17) is 5.73 Å². The van der Waals surface area contributed by atoms with Crippen molar-refractivity contribution in [3.8, 4) is 11.1 Å². The number of carbonyl (C=O) groups is 2. The van der Waals surface area contributed by atoms with Crippen molar-refractivity contribution in [2.45, 2.75) is 18.9 Å². The monoisotopic (exact) mass is 305 g/mol. The van der Waals surface area contributed by atoms with Gasteiger partial charge in [-0.2, -0.15) is 5.10 Å². The number of hydrogen-bond acceptors (Lipinski definition) is 3. The molecule has 0 bridgehead atoms. The average Bonchev–Trinajstić information content (AvgIpc) is 3.33. The minimum absolute atomic E-state index is 0.306. The number of amides is 1. The fraction of sp³-hybridized carbons (Fsp3) is 0.167. The van der Waals surface area contributed by atoms with Crippen LogP contribution in [0.2, 0.25) is 0 Å². The van der Waals surface area contributed by atoms with E-state index in [0.717, 1.165) is 22.0 Å². The Morgan fingerprint density at radius 3 is 2.39 bits per heavy atom. The van der Waals surface area contributed by atoms with Crippen LogP contribution in [0.4, 0.5) is 0 Å². The zero-order valence-corrected chi connectivity index (χ0v) is 12.4. The van der Waals surface area contributed by atoms with E-state index in [9.17, 15) is 9.59 Å². The molecule has 0 aliphatic heterocycles. The Kier molecular flexibility index (Phi) is 3.01. The first-order valence-corrected chi connectivity index (χ1v) is 7.55. The minimum Gasteiger partial charge on any atom is -0.363 e. The number of aromatic nitrogens is 2. The molecule has 1 aliphatic carbocycles. The molecule has 1 aliphatic rings. The van der Waals surface area contributed by atoms with E-state index in [1.807, 2.05) is 28.9 Å². The summed E-state index contributed by atoms with van der Waals surface area (Å²) in [7, 11) is 0. The summed E-state index contributed by atoms with van der Waals surface area (Å²) in [4.78, 5) is 22.5. The molecule has 114 valence electrons. The van der Waals surface area contributed by atoms with Gasteiger partial charge in [0.1, 0.15) is 0 Å². The Balaban J connectivity index is 1.67. The number of fused-ring (bicyclic) bond motifs is 1. The molecule has 5 nitrogen and oxygen atoms in total. The van der Waals surface area contributed by atoms with Crippen molar-refractivity contribution in [1.82, 2.24) is 9.78 Å². The van der Waals surface area contributed by atoms with Crippen LogP contribution in [-0.4, -0.2) is 21.5 Å². The van der Waals surface area contributed by atoms with E-state index < -0.39 is 11.7 Å². The fourth-order valence-electron chi connectivity index (χ4n) is 2.70. The highest BCUT2D eigenvalue weighted by Crippen LogP contribution is 2.35. The molecule has 1 amide bonds. The Bertz CT molecular complexity index is 921. The van der Waals surface area contributed by atoms with Crippen molar-refractivity contribution in [3.63, 3.8) is 0 Å². The van der Waals surface area contributed by atoms with E-state index in [1.165, 1.54) is 12.8 Å². The van der Waals surface area contributed by atoms with Gasteiger partial charge < -0.3 is 5.73 Å². The predicted molar refractivity (Wildman–Crippen MR) is 87.0 cm³/mol. The van der Waals surface area contributed by atoms with Gasteiger partial charge in [-0.15, -0.1) is 0 Å². The summed E-state index contributed by atoms with van der Waals surface area (Å²) in [6, 6.07) is 13.6. The lowest BCUT2D eigenvalue weighted by Gasteiger charge is -2.03. The largest absolute Gasteiger partial charge is 0.363 e. The number of Topliss-reactive ketones (excluding diaryl/α,β-unsaturated/α-hetero) is 1. The van der Waals surface area contributed by atoms with Crippen LogP contribution in [0.3, 0.4) is 0 Å². The van der Waals surface area contributed by atoms with Crippen LogP contribution in [0.1, 0.15) is 29.2 Å². The SMILES string of the molecule is NC(=O)C(=O)c1ccc(-c2ccc3cn(C4CC4)nc3c2)cc1. The molecule has 4 rings (SSSR count). The van der Waals surface area contributed by atoms with Crippen LogP contribution in [0.15, 0.2) is 48.7 Å². The van der Waals surface area contributed by atoms with Crippen LogP contribution in [-0.2, 0) is 4.79 Å². The van der Waals surface area contributed by atoms with Gasteiger partial charge in [0.15, 0.2) is 0 Å². The summed E-state index contributed by atoms with van der Waals surface area (Å²) in [5.41, 5.74) is 8.27. The summed E-state index contributed by atoms with van der Waals surface area (Å²) < 4.78 is 2.04. The molecule has 1 fully saturated rings. The maximum Gasteiger partial charge on any atom is 0.289 e. The van der Waals surface area contributed by atoms with E-state index in [2.05, 4.69) is 17.4 Å². The Morgan fingerprint density at radius 1 is 1.04 bits per heavy atom. The van der Waals surface area contributed by atoms with Crippen molar-refractivity contribution >= 4 is 22.6 Å². The molecule has 0 unspecified atom stereocenters. The second-order valence-electron chi connectivity index (χ2n) is 5.88. The predicted octanol–water partition coefficient (Wildman–Crippen LogP) is 2.71. The summed E-state index contributed by atoms with van der Waals surface area (Å²) >= 11 is 0. The minimum atomic E-state index is -0.940. The molecule has 23 heavy (non-hydrogen) atoms. The zero-order valence-electron chi connectivity index (χ0n) is 12.4. The number of rotatable bonds is 4. The first-order chi connectivity index (χ1) is 11.1. The van der Waals surface area contributed by atoms with E-state index in [1.54, 1.807) is 12.1 Å². The molecule has 0 radical (unpaired) electrons. The summed E-state index contributed by atoms with van der Waals surface area (Å²) in [6.07, 6.45) is 4.50. The smallest absolute Gasteiger partial charge is 0.289 e. The highest BCUT2D eigenvalue weighted by molar-refractivity contribution is 6.42. The highest BCUT2D eigenvalue weighted by Gasteiger charge is 2.24. The van der Waals surface area contributed by atoms with Gasteiger partial charge >= 0.3 is 0 Å². The molecule has 2 aromatic carbocycles. The molecule has 1 heterocycles. The third-order valence-corrected chi connectivity index (χ3v) is 4.15. The van der Waals surface area contributed by atoms with Crippen LogP contribution in [0.5, 0.6) is 0 Å². The fourth-order valence-corrected chi connectivity index (χ4v) is 2.70. The quantitative estimate of drug-likeness (QED) is 0.594. The third-order valence-electron chi connectivity index (χ3n) is 4.15. The standard InChI is InChI=1S/C18H15N3O2/c19-18(23)17(22)12-3-1-11(2-4-12)13-5-6-14-10-21(15-7-8-15)20-16(14)9-13/h1-6,9-10,15H,7-8H2,(H2,19,23). The first-order valence-electron chi connectivity index (χ1n) is 7.55. The normalized spacial score (nSPS) is 14.1. The van der Waals surface area contributed by atoms with Gasteiger partial charge in [0.05, 0.1) is 11.6 Å². The number of ketones is 1. The molecule has 2 N–H and O–H groups in total. The van der Waals surface area contributed by atoms with Gasteiger partial charge in [-0.05, 0) is 30.0 Å². The maximum atomic E-state index is 11.6. The second kappa shape index (κ2) is 5.05. The van der Waals surface area contributed by atoms with Gasteiger partial charge in [0.25, 0.3) is 5.91 Å². The van der Waals surface area contributed by atoms with Crippen LogP contribution >= 0.6 is 0 Å². The molecule has 3 aromatic rings. The van der Waals surface area contributed by atoms with Gasteiger partial charge in [-0.25, -0.2) is 0 Å². The lowest BCUT2D eigenvalue weighted by Crippen LogP contribution is -2.22. The molecule has 5 heteroatoms. The molecular weight excluding hydrogens is 290 g/mol. The van der Waals surface area contributed by atoms with Crippen LogP contribution < -0.4 is 5.73 Å². The Morgan fingerprint density at radius 2 is 1.74 bits per heavy atom. The van der Waals surface area contributed by atoms with Gasteiger partial charge in [-0.3, -0.25) is 14.3 Å². The first kappa shape index (κ1) is 13.7. The van der Waals surface area contributed by atoms with Crippen molar-refractivity contribution < 1.29 is 9.59 Å². The number of benzene rings is 2. The summed E-state index contributed by atoms with van der Waals surface area (Å²) in [5, 5.41) is 5.76. The zero-order chi connectivity index (χ0) is 16.0. The number of nitrogens with zero attached hydrogens (tertiary/aromatic N) is 2. The number of nitrogens with two attached hydrogens (primary N) is 1. The second-order valence-corrected chi connectivity index (χ2v) is 5.88. The lowest BCUT2D eigenvalue weighted by atomic mass is 10.0. The van der Waals surface area contributed by atoms with Gasteiger partial charge in [-0.1, -0.05) is 36.4 Å². The van der Waals surface area contributed by atoms with Gasteiger partial charge in [0.2, 0.25) is 5.78 Å². The third kappa shape index (κ3) is 2.50. The molecular formula is C18H15N3O2. The van der Waals surface area contributed by atoms with Crippen LogP contribution in [0.25, 0.3) is 22.0 Å². The van der Waals surface area contributed by atoms with Crippen molar-refractivity contribution in [3.05, 3.63) is 54.2 Å². The topological polar surface area (TPSA) is 78.0 Å². The molecule has 1 aromatic heterocycles. The van der Waals surface area contributed by atoms with E-state index >= 15 is 0 Å². The maximum absolute atomic E-state index is 11.6. The summed E-state index contributed by atoms with van der Waals surface area (Å²) in [6.45, 7) is 0. The average molecular weight is 305 g/mol. The molecule has 1 saturated carbocycles. The van der Waals surface area contributed by atoms with E-state index in [-0.39, 0.29) is 0 Å². The number of primary amides is 1. The lowest BCUT2D eigenvalue weighted by molar-refractivity contribution is -0.114. The molecule has 0 atom stereocenters. The Hall–Kier alpha value is -2.95. The van der Waals surface area contributed by atoms with Gasteiger partial charge in [0, 0.05) is 17.1 Å². The van der Waals surface area contributed by atoms with Crippen LogP contribution in [0, 0.1) is 0 Å². The molecule has 0 saturated heterocycles. The van der Waals surface area contributed by atoms with Crippen molar-refractivity contribution in [2.75, 3.05) is 0 Å². The van der Waals surface area contributed by atoms with Crippen molar-refractivity contribution in [1.29, 1.82) is 0 Å².